The minimum Gasteiger partial charge on any atom is -0.398 e. The number of hydrogen-bond donors (Lipinski definition) is 3. The number of aromatic nitrogens is 2. The van der Waals surface area contributed by atoms with E-state index in [0.29, 0.717) is 28.0 Å². The maximum absolute atomic E-state index is 8.89. The minimum absolute atomic E-state index is 0.306. The summed E-state index contributed by atoms with van der Waals surface area (Å²) in [6, 6.07) is 8.61. The van der Waals surface area contributed by atoms with Crippen LogP contribution in [0.1, 0.15) is 5.56 Å². The molecule has 2 rings (SSSR count). The third-order valence-corrected chi connectivity index (χ3v) is 2.95. The number of nitrogens with two attached hydrogens (primary N) is 3. The SMILES string of the molecule is N#Cc1cc(Sc2nc(N)cc(N)n2)ccc1N. The van der Waals surface area contributed by atoms with Crippen molar-refractivity contribution in [2.24, 2.45) is 0 Å². The van der Waals surface area contributed by atoms with Crippen molar-refractivity contribution >= 4 is 29.1 Å². The lowest BCUT2D eigenvalue weighted by Gasteiger charge is -2.04. The molecule has 0 aliphatic rings. The Balaban J connectivity index is 2.31. The average Bonchev–Trinajstić information content (AvgIpc) is 2.30. The van der Waals surface area contributed by atoms with Gasteiger partial charge in [0.05, 0.1) is 5.56 Å². The average molecular weight is 258 g/mol. The van der Waals surface area contributed by atoms with E-state index in [1.54, 1.807) is 18.2 Å². The summed E-state index contributed by atoms with van der Waals surface area (Å²) < 4.78 is 0. The molecule has 0 radical (unpaired) electrons. The van der Waals surface area contributed by atoms with Crippen molar-refractivity contribution < 1.29 is 0 Å². The smallest absolute Gasteiger partial charge is 0.196 e. The van der Waals surface area contributed by atoms with Crippen LogP contribution in [-0.2, 0) is 0 Å². The standard InChI is InChI=1S/C11H10N6S/c12-5-6-3-7(1-2-8(6)13)18-11-16-9(14)4-10(15)17-11/h1-4H,13H2,(H4,14,15,16,17). The van der Waals surface area contributed by atoms with Crippen molar-refractivity contribution in [2.45, 2.75) is 10.1 Å². The highest BCUT2D eigenvalue weighted by atomic mass is 32.2. The highest BCUT2D eigenvalue weighted by Crippen LogP contribution is 2.28. The first-order chi connectivity index (χ1) is 8.58. The van der Waals surface area contributed by atoms with Crippen LogP contribution < -0.4 is 17.2 Å². The molecule has 90 valence electrons. The van der Waals surface area contributed by atoms with Gasteiger partial charge in [-0.2, -0.15) is 5.26 Å². The topological polar surface area (TPSA) is 128 Å². The van der Waals surface area contributed by atoms with Gasteiger partial charge < -0.3 is 17.2 Å². The van der Waals surface area contributed by atoms with Gasteiger partial charge in [-0.3, -0.25) is 0 Å². The Kier molecular flexibility index (Phi) is 3.21. The van der Waals surface area contributed by atoms with Crippen LogP contribution in [0.15, 0.2) is 34.3 Å². The largest absolute Gasteiger partial charge is 0.398 e. The molecule has 0 unspecified atom stereocenters. The Morgan fingerprint density at radius 1 is 1.06 bits per heavy atom. The van der Waals surface area contributed by atoms with E-state index < -0.39 is 0 Å². The van der Waals surface area contributed by atoms with Crippen LogP contribution in [0.2, 0.25) is 0 Å². The fourth-order valence-corrected chi connectivity index (χ4v) is 2.13. The molecule has 0 aliphatic carbocycles. The molecule has 0 atom stereocenters. The van der Waals surface area contributed by atoms with Crippen LogP contribution in [0.25, 0.3) is 0 Å². The molecule has 0 aliphatic heterocycles. The Bertz CT molecular complexity index is 614. The molecule has 2 aromatic rings. The van der Waals surface area contributed by atoms with E-state index in [0.717, 1.165) is 4.90 Å². The summed E-state index contributed by atoms with van der Waals surface area (Å²) in [5.74, 6) is 0.613. The van der Waals surface area contributed by atoms with Gasteiger partial charge in [0.15, 0.2) is 5.16 Å². The second kappa shape index (κ2) is 4.81. The van der Waals surface area contributed by atoms with Crippen LogP contribution in [0.3, 0.4) is 0 Å². The predicted molar refractivity (Wildman–Crippen MR) is 70.5 cm³/mol. The van der Waals surface area contributed by atoms with Crippen LogP contribution in [-0.4, -0.2) is 9.97 Å². The maximum Gasteiger partial charge on any atom is 0.196 e. The summed E-state index contributed by atoms with van der Waals surface area (Å²) in [4.78, 5) is 8.88. The Hall–Kier alpha value is -2.46. The van der Waals surface area contributed by atoms with Crippen molar-refractivity contribution in [1.29, 1.82) is 5.26 Å². The van der Waals surface area contributed by atoms with Crippen molar-refractivity contribution in [1.82, 2.24) is 9.97 Å². The van der Waals surface area contributed by atoms with E-state index in [1.165, 1.54) is 17.8 Å². The molecule has 0 fully saturated rings. The second-order valence-corrected chi connectivity index (χ2v) is 4.50. The highest BCUT2D eigenvalue weighted by molar-refractivity contribution is 7.99. The summed E-state index contributed by atoms with van der Waals surface area (Å²) in [5, 5.41) is 9.32. The zero-order valence-corrected chi connectivity index (χ0v) is 10.1. The van der Waals surface area contributed by atoms with Crippen LogP contribution in [0.4, 0.5) is 17.3 Å². The van der Waals surface area contributed by atoms with Gasteiger partial charge in [0.1, 0.15) is 17.7 Å². The lowest BCUT2D eigenvalue weighted by Crippen LogP contribution is -1.99. The van der Waals surface area contributed by atoms with Gasteiger partial charge in [0.25, 0.3) is 0 Å². The maximum atomic E-state index is 8.89. The van der Waals surface area contributed by atoms with Crippen molar-refractivity contribution in [3.63, 3.8) is 0 Å². The molecule has 1 aromatic heterocycles. The van der Waals surface area contributed by atoms with E-state index in [4.69, 9.17) is 22.5 Å². The summed E-state index contributed by atoms with van der Waals surface area (Å²) in [5.41, 5.74) is 17.6. The van der Waals surface area contributed by atoms with Gasteiger partial charge in [-0.1, -0.05) is 0 Å². The van der Waals surface area contributed by atoms with Gasteiger partial charge in [-0.15, -0.1) is 0 Å². The summed E-state index contributed by atoms with van der Waals surface area (Å²) >= 11 is 1.27. The summed E-state index contributed by atoms with van der Waals surface area (Å²) in [7, 11) is 0. The fourth-order valence-electron chi connectivity index (χ4n) is 1.31. The Morgan fingerprint density at radius 3 is 2.33 bits per heavy atom. The minimum atomic E-state index is 0.306. The van der Waals surface area contributed by atoms with Gasteiger partial charge in [0, 0.05) is 16.6 Å². The lowest BCUT2D eigenvalue weighted by molar-refractivity contribution is 0.984. The number of nitrogen functional groups attached to an aromatic ring is 3. The molecular weight excluding hydrogens is 248 g/mol. The van der Waals surface area contributed by atoms with E-state index in [1.807, 2.05) is 6.07 Å². The van der Waals surface area contributed by atoms with Crippen LogP contribution >= 0.6 is 11.8 Å². The number of rotatable bonds is 2. The quantitative estimate of drug-likeness (QED) is 0.546. The van der Waals surface area contributed by atoms with E-state index in [2.05, 4.69) is 9.97 Å². The monoisotopic (exact) mass is 258 g/mol. The van der Waals surface area contributed by atoms with Crippen LogP contribution in [0, 0.1) is 11.3 Å². The molecule has 1 aromatic carbocycles. The first kappa shape index (κ1) is 12.0. The number of hydrogen-bond acceptors (Lipinski definition) is 7. The fraction of sp³-hybridized carbons (Fsp3) is 0. The number of nitrogens with zero attached hydrogens (tertiary/aromatic N) is 3. The number of nitriles is 1. The van der Waals surface area contributed by atoms with Crippen molar-refractivity contribution in [3.05, 3.63) is 29.8 Å². The summed E-state index contributed by atoms with van der Waals surface area (Å²) in [6.45, 7) is 0. The molecule has 0 saturated carbocycles. The van der Waals surface area contributed by atoms with Gasteiger partial charge in [0.2, 0.25) is 0 Å². The Labute approximate surface area is 108 Å². The van der Waals surface area contributed by atoms with Crippen molar-refractivity contribution in [3.8, 4) is 6.07 Å². The number of anilines is 3. The second-order valence-electron chi connectivity index (χ2n) is 3.46. The van der Waals surface area contributed by atoms with Crippen molar-refractivity contribution in [2.75, 3.05) is 17.2 Å². The zero-order chi connectivity index (χ0) is 13.1. The zero-order valence-electron chi connectivity index (χ0n) is 9.29. The first-order valence-corrected chi connectivity index (χ1v) is 5.77. The summed E-state index contributed by atoms with van der Waals surface area (Å²) in [6.07, 6.45) is 0. The molecule has 0 amide bonds. The number of benzene rings is 1. The highest BCUT2D eigenvalue weighted by Gasteiger charge is 2.06. The van der Waals surface area contributed by atoms with Crippen LogP contribution in [0.5, 0.6) is 0 Å². The third-order valence-electron chi connectivity index (χ3n) is 2.10. The molecule has 0 spiro atoms. The van der Waals surface area contributed by atoms with Gasteiger partial charge in [-0.25, -0.2) is 9.97 Å². The first-order valence-electron chi connectivity index (χ1n) is 4.96. The van der Waals surface area contributed by atoms with Gasteiger partial charge >= 0.3 is 0 Å². The van der Waals surface area contributed by atoms with Gasteiger partial charge in [-0.05, 0) is 30.0 Å². The molecule has 1 heterocycles. The molecule has 7 heteroatoms. The molecule has 0 bridgehead atoms. The third kappa shape index (κ3) is 2.61. The lowest BCUT2D eigenvalue weighted by atomic mass is 10.2. The Morgan fingerprint density at radius 2 is 1.72 bits per heavy atom. The normalized spacial score (nSPS) is 9.94. The molecule has 6 N–H and O–H groups in total. The molecule has 6 nitrogen and oxygen atoms in total. The predicted octanol–water partition coefficient (Wildman–Crippen LogP) is 1.25. The molecular formula is C11H10N6S. The van der Waals surface area contributed by atoms with E-state index in [9.17, 15) is 0 Å². The van der Waals surface area contributed by atoms with E-state index in [-0.39, 0.29) is 0 Å². The molecule has 0 saturated heterocycles. The van der Waals surface area contributed by atoms with E-state index >= 15 is 0 Å². The molecule has 18 heavy (non-hydrogen) atoms.